The van der Waals surface area contributed by atoms with Crippen LogP contribution < -0.4 is 69.5 Å². The summed E-state index contributed by atoms with van der Waals surface area (Å²) in [5.41, 5.74) is 4.17. The van der Waals surface area contributed by atoms with E-state index < -0.39 is 81.9 Å². The van der Waals surface area contributed by atoms with Crippen LogP contribution in [0.3, 0.4) is 0 Å². The number of nitrogens with zero attached hydrogens (tertiary/aromatic N) is 5. The number of amides is 8. The second-order valence-corrected chi connectivity index (χ2v) is 26.1. The number of carbonyl (C=O) groups excluding carboxylic acids is 11. The zero-order chi connectivity index (χ0) is 77.5. The number of ether oxygens (including phenoxy) is 2. The maximum atomic E-state index is 13.4. The number of carboxylic acid groups (broad SMARTS) is 2. The summed E-state index contributed by atoms with van der Waals surface area (Å²) in [6.45, 7) is 4.09. The van der Waals surface area contributed by atoms with Crippen molar-refractivity contribution >= 4 is 146 Å². The van der Waals surface area contributed by atoms with E-state index in [1.807, 2.05) is 0 Å². The number of hydrogen-bond donors (Lipinski definition) is 7. The van der Waals surface area contributed by atoms with Gasteiger partial charge in [-0.2, -0.15) is 0 Å². The Morgan fingerprint density at radius 1 is 0.524 bits per heavy atom. The summed E-state index contributed by atoms with van der Waals surface area (Å²) in [5.74, 6) is -6.37. The molecule has 0 saturated carbocycles. The zero-order valence-electron chi connectivity index (χ0n) is 57.3. The van der Waals surface area contributed by atoms with Crippen molar-refractivity contribution in [3.05, 3.63) is 145 Å². The first-order chi connectivity index (χ1) is 49.3. The molecule has 0 aliphatic carbocycles. The van der Waals surface area contributed by atoms with E-state index in [0.717, 1.165) is 69.1 Å². The SMILES string of the molecule is CC(=O)SCC(=O)NCC(=O)NCC(=O)NCC(=O)NCCCCCCOc1ccc2c(c1)c(CC(=O)O)c(C)n2C(=O)c1ccc(Cl)cc1.Cc1c(CC(=O)O)c2cc(OCCCCCCNC(=O)C[N-]C(=O)C[N-]C(=O)C[N-]C(=O)C[S-])ccc2n1C(=O)c1ccc(Cl)cc1.[Na+].[O]=[99Tc+4].[O]=[Tc](=[O])(=[O])[O-]. The summed E-state index contributed by atoms with van der Waals surface area (Å²) in [6, 6.07) is 23.5. The van der Waals surface area contributed by atoms with Crippen LogP contribution in [0.5, 0.6) is 11.5 Å². The number of carbonyl (C=O) groups is 13. The molecule has 0 unspecified atom stereocenters. The van der Waals surface area contributed by atoms with Crippen LogP contribution >= 0.6 is 35.0 Å². The third-order valence-electron chi connectivity index (χ3n) is 14.2. The van der Waals surface area contributed by atoms with E-state index in [-0.39, 0.29) is 103 Å². The van der Waals surface area contributed by atoms with Crippen molar-refractivity contribution < 1.29 is 164 Å². The third kappa shape index (κ3) is 36.2. The van der Waals surface area contributed by atoms with E-state index in [0.29, 0.717) is 116 Å². The van der Waals surface area contributed by atoms with Gasteiger partial charge in [0, 0.05) is 81.1 Å². The molecule has 4 aromatic carbocycles. The second kappa shape index (κ2) is 49.7. The molecule has 39 heteroatoms. The van der Waals surface area contributed by atoms with Crippen molar-refractivity contribution in [2.24, 2.45) is 0 Å². The van der Waals surface area contributed by atoms with Gasteiger partial charge in [0.2, 0.25) is 29.5 Å². The number of rotatable bonds is 37. The first-order valence-corrected chi connectivity index (χ1v) is 37.5. The van der Waals surface area contributed by atoms with Gasteiger partial charge >= 0.3 is 93.8 Å². The molecule has 105 heavy (non-hydrogen) atoms. The van der Waals surface area contributed by atoms with Crippen LogP contribution in [0.1, 0.15) is 102 Å². The summed E-state index contributed by atoms with van der Waals surface area (Å²) in [7, 11) is 0. The fraction of sp³-hybridized carbons (Fsp3) is 0.379. The van der Waals surface area contributed by atoms with Crippen molar-refractivity contribution in [2.45, 2.75) is 85.0 Å². The Balaban J connectivity index is 0.000000650. The number of halogens is 2. The first kappa shape index (κ1) is 93.1. The van der Waals surface area contributed by atoms with E-state index in [1.165, 1.54) is 16.1 Å². The summed E-state index contributed by atoms with van der Waals surface area (Å²) in [4.78, 5) is 154. The molecule has 2 heterocycles. The van der Waals surface area contributed by atoms with Gasteiger partial charge in [-0.05, 0) is 142 Å². The number of benzene rings is 4. The van der Waals surface area contributed by atoms with Crippen LogP contribution in [0, 0.1) is 13.8 Å². The molecule has 0 fully saturated rings. The predicted molar refractivity (Wildman–Crippen MR) is 369 cm³/mol. The Hall–Kier alpha value is -7.99. The molecule has 7 N–H and O–H groups in total. The first-order valence-electron chi connectivity index (χ1n) is 31.4. The number of nitrogens with one attached hydrogen (secondary N) is 5. The van der Waals surface area contributed by atoms with Gasteiger partial charge < -0.3 is 89.2 Å². The molecule has 0 radical (unpaired) electrons. The predicted octanol–water partition coefficient (Wildman–Crippen LogP) is 2.16. The number of fused-ring (bicyclic) bond motifs is 2. The van der Waals surface area contributed by atoms with Gasteiger partial charge in [0.15, 0.2) is 5.12 Å². The van der Waals surface area contributed by atoms with Crippen LogP contribution in [0.2, 0.25) is 10.0 Å². The van der Waals surface area contributed by atoms with Crippen LogP contribution in [0.15, 0.2) is 84.9 Å². The average molecular weight is 1710 g/mol. The van der Waals surface area contributed by atoms with Gasteiger partial charge in [0.25, 0.3) is 11.8 Å². The molecular weight excluding hydrogens is 1640 g/mol. The van der Waals surface area contributed by atoms with Gasteiger partial charge in [-0.1, -0.05) is 73.7 Å². The van der Waals surface area contributed by atoms with Gasteiger partial charge in [-0.3, -0.25) is 57.1 Å². The third-order valence-corrected chi connectivity index (χ3v) is 15.8. The Morgan fingerprint density at radius 3 is 1.26 bits per heavy atom. The Bertz CT molecular complexity index is 4210. The van der Waals surface area contributed by atoms with Crippen molar-refractivity contribution in [3.63, 3.8) is 0 Å². The van der Waals surface area contributed by atoms with Gasteiger partial charge in [0.1, 0.15) is 11.5 Å². The van der Waals surface area contributed by atoms with Gasteiger partial charge in [0.05, 0.1) is 62.5 Å². The zero-order valence-corrected chi connectivity index (χ0v) is 66.1. The number of carboxylic acids is 2. The number of aliphatic carboxylic acids is 2. The molecule has 0 bridgehead atoms. The minimum atomic E-state index is -5.94. The fourth-order valence-corrected chi connectivity index (χ4v) is 10.2. The van der Waals surface area contributed by atoms with E-state index >= 15 is 0 Å². The number of unbranched alkanes of at least 4 members (excludes halogenated alkanes) is 6. The summed E-state index contributed by atoms with van der Waals surface area (Å²) < 4.78 is 57.6. The molecule has 0 aliphatic rings. The van der Waals surface area contributed by atoms with Crippen molar-refractivity contribution in [1.29, 1.82) is 0 Å². The van der Waals surface area contributed by atoms with E-state index in [1.54, 1.807) is 98.8 Å². The molecule has 0 aliphatic heterocycles. The minimum absolute atomic E-state index is 0. The quantitative estimate of drug-likeness (QED) is 0.0167. The Kier molecular flexibility index (Phi) is 44.1. The van der Waals surface area contributed by atoms with Crippen molar-refractivity contribution in [1.82, 2.24) is 35.7 Å². The number of hydrogen-bond acceptors (Lipinski definition) is 22. The number of aromatic nitrogens is 2. The van der Waals surface area contributed by atoms with Gasteiger partial charge in [-0.25, -0.2) is 0 Å². The maximum absolute atomic E-state index is 13.4. The van der Waals surface area contributed by atoms with Crippen LogP contribution in [-0.4, -0.2) is 173 Å². The van der Waals surface area contributed by atoms with Crippen LogP contribution in [0.25, 0.3) is 37.8 Å². The molecule has 8 amide bonds. The Morgan fingerprint density at radius 2 is 0.876 bits per heavy atom. The molecule has 6 rings (SSSR count). The molecule has 561 valence electrons. The molecule has 32 nitrogen and oxygen atoms in total. The normalized spacial score (nSPS) is 10.5. The summed E-state index contributed by atoms with van der Waals surface area (Å²) in [5, 5.41) is 43.9. The van der Waals surface area contributed by atoms with Crippen molar-refractivity contribution in [2.75, 3.05) is 77.1 Å². The van der Waals surface area contributed by atoms with E-state index in [4.69, 9.17) is 50.6 Å². The molecule has 0 atom stereocenters. The van der Waals surface area contributed by atoms with Gasteiger partial charge in [-0.15, -0.1) is 5.75 Å². The van der Waals surface area contributed by atoms with E-state index in [2.05, 4.69) is 55.2 Å². The molecule has 6 aromatic rings. The second-order valence-electron chi connectivity index (χ2n) is 21.9. The van der Waals surface area contributed by atoms with Crippen LogP contribution in [0.4, 0.5) is 0 Å². The van der Waals surface area contributed by atoms with Crippen molar-refractivity contribution in [3.8, 4) is 11.5 Å². The Labute approximate surface area is 657 Å². The molecule has 0 spiro atoms. The van der Waals surface area contributed by atoms with Crippen LogP contribution in [-0.2, 0) is 127 Å². The molecule has 0 saturated heterocycles. The molecule has 2 aromatic heterocycles. The monoisotopic (exact) mass is 1710 g/mol. The van der Waals surface area contributed by atoms with E-state index in [9.17, 15) is 72.5 Å². The summed E-state index contributed by atoms with van der Waals surface area (Å²) >= 11 is 12.2. The summed E-state index contributed by atoms with van der Waals surface area (Å²) in [6.07, 6.45) is 5.70. The number of thioether (sulfide) groups is 1. The molecular formula is C66H74Cl2N10NaO22S2Tc2. The topological polar surface area (TPSA) is 484 Å². The standard InChI is InChI=1S/C34H40ClN5O9S.C32H38ClN5O8S.Na.5O.2Tc/c1-21-26(16-33(46)47)27-15-25(11-12-28(27)40(21)34(48)23-7-9-24(35)10-8-23)49-14-6-4-3-5-13-36-29(42)17-37-30(43)18-38-31(44)19-39-32(45)20-50-22(2)41;1-20-24(15-31(43)44)25-14-23(10-11-26(25)38(20)32(45)21-6-8-22(33)9-7-21)46-13-5-3-2-4-12-34-27(39)16-35-28(40)17-36-29(41)18-37-30(42)19-47;;;;;;;;/h7-12,15H,3-6,13-14,16-20H2,1-2H3,(H,36,42)(H,37,43)(H,38,44)(H,39,45)(H,46,47);6-11,14H,2-5,12-13,15-19H2,1H3,(H6,34,35,36,37,39,40,41,42,43,44,47);;;;;;;;/q;;+1;;;;;-1;+4;/p-4/i;;;;;;;;1+1;. The fourth-order valence-electron chi connectivity index (χ4n) is 9.43. The average Bonchev–Trinajstić information content (AvgIpc) is 1.62.